The number of hydrogen-bond donors (Lipinski definition) is 2. The topological polar surface area (TPSA) is 61.4 Å². The number of amides is 3. The van der Waals surface area contributed by atoms with Crippen molar-refractivity contribution in [3.63, 3.8) is 0 Å². The van der Waals surface area contributed by atoms with Gasteiger partial charge in [-0.25, -0.2) is 4.79 Å². The zero-order valence-electron chi connectivity index (χ0n) is 11.9. The monoisotopic (exact) mass is 263 g/mol. The highest BCUT2D eigenvalue weighted by atomic mass is 16.2. The number of nitrogens with one attached hydrogen (secondary N) is 2. The van der Waals surface area contributed by atoms with Crippen LogP contribution in [0.4, 0.5) is 10.5 Å². The van der Waals surface area contributed by atoms with Crippen molar-refractivity contribution in [2.45, 2.75) is 26.8 Å². The van der Waals surface area contributed by atoms with Crippen LogP contribution in [0.3, 0.4) is 0 Å². The fraction of sp³-hybridized carbons (Fsp3) is 0.429. The van der Waals surface area contributed by atoms with Crippen LogP contribution < -0.4 is 15.5 Å². The van der Waals surface area contributed by atoms with Crippen LogP contribution in [0.15, 0.2) is 24.3 Å². The molecule has 0 aliphatic carbocycles. The number of aryl methyl sites for hydroxylation is 1. The van der Waals surface area contributed by atoms with Crippen molar-refractivity contribution in [2.75, 3.05) is 18.5 Å². The number of hydrogen-bond acceptors (Lipinski definition) is 3. The van der Waals surface area contributed by atoms with Gasteiger partial charge in [-0.1, -0.05) is 18.2 Å². The number of rotatable bonds is 4. The van der Waals surface area contributed by atoms with Gasteiger partial charge in [-0.3, -0.25) is 10.1 Å². The van der Waals surface area contributed by atoms with Crippen LogP contribution in [0.25, 0.3) is 0 Å². The van der Waals surface area contributed by atoms with Crippen molar-refractivity contribution in [2.24, 2.45) is 0 Å². The summed E-state index contributed by atoms with van der Waals surface area (Å²) < 4.78 is 0. The molecule has 5 nitrogen and oxygen atoms in total. The van der Waals surface area contributed by atoms with Crippen LogP contribution >= 0.6 is 0 Å². The Morgan fingerprint density at radius 3 is 2.42 bits per heavy atom. The van der Waals surface area contributed by atoms with Crippen molar-refractivity contribution in [1.29, 1.82) is 0 Å². The van der Waals surface area contributed by atoms with E-state index >= 15 is 0 Å². The molecule has 0 radical (unpaired) electrons. The number of benzene rings is 1. The molecule has 0 fully saturated rings. The van der Waals surface area contributed by atoms with Gasteiger partial charge < -0.3 is 10.2 Å². The van der Waals surface area contributed by atoms with Crippen molar-refractivity contribution >= 4 is 17.6 Å². The maximum atomic E-state index is 11.8. The standard InChI is InChI=1S/C14H21N3O2/c1-10(2)17(9-13(18)16-14(19)15-4)12-8-6-5-7-11(12)3/h5-8,10H,9H2,1-4H3,(H2,15,16,18,19). The largest absolute Gasteiger partial charge is 0.360 e. The summed E-state index contributed by atoms with van der Waals surface area (Å²) in [4.78, 5) is 24.9. The molecule has 104 valence electrons. The summed E-state index contributed by atoms with van der Waals surface area (Å²) in [6.07, 6.45) is 0. The van der Waals surface area contributed by atoms with Gasteiger partial charge >= 0.3 is 6.03 Å². The molecule has 1 rings (SSSR count). The highest BCUT2D eigenvalue weighted by molar-refractivity contribution is 5.96. The molecule has 0 aliphatic heterocycles. The van der Waals surface area contributed by atoms with E-state index < -0.39 is 6.03 Å². The van der Waals surface area contributed by atoms with Crippen LogP contribution in [0.1, 0.15) is 19.4 Å². The van der Waals surface area contributed by atoms with E-state index in [1.54, 1.807) is 0 Å². The average Bonchev–Trinajstić information content (AvgIpc) is 2.36. The smallest absolute Gasteiger partial charge is 0.321 e. The normalized spacial score (nSPS) is 10.2. The molecular weight excluding hydrogens is 242 g/mol. The van der Waals surface area contributed by atoms with Crippen LogP contribution in [-0.2, 0) is 4.79 Å². The molecule has 0 saturated carbocycles. The summed E-state index contributed by atoms with van der Waals surface area (Å²) >= 11 is 0. The fourth-order valence-electron chi connectivity index (χ4n) is 1.81. The number of para-hydroxylation sites is 1. The molecule has 0 saturated heterocycles. The number of nitrogens with zero attached hydrogens (tertiary/aromatic N) is 1. The van der Waals surface area contributed by atoms with E-state index in [0.29, 0.717) is 0 Å². The molecule has 1 aromatic rings. The molecule has 0 heterocycles. The lowest BCUT2D eigenvalue weighted by molar-refractivity contribution is -0.118. The second kappa shape index (κ2) is 6.78. The molecule has 3 amide bonds. The molecule has 0 unspecified atom stereocenters. The number of imide groups is 1. The highest BCUT2D eigenvalue weighted by Crippen LogP contribution is 2.21. The van der Waals surface area contributed by atoms with Crippen LogP contribution in [-0.4, -0.2) is 31.6 Å². The average molecular weight is 263 g/mol. The summed E-state index contributed by atoms with van der Waals surface area (Å²) in [5, 5.41) is 4.63. The molecule has 0 spiro atoms. The van der Waals surface area contributed by atoms with E-state index in [1.165, 1.54) is 7.05 Å². The lowest BCUT2D eigenvalue weighted by atomic mass is 10.1. The Balaban J connectivity index is 2.83. The molecule has 0 aliphatic rings. The summed E-state index contributed by atoms with van der Waals surface area (Å²) in [6.45, 7) is 6.18. The third kappa shape index (κ3) is 4.28. The first-order valence-corrected chi connectivity index (χ1v) is 6.29. The highest BCUT2D eigenvalue weighted by Gasteiger charge is 2.17. The molecule has 1 aromatic carbocycles. The molecule has 5 heteroatoms. The summed E-state index contributed by atoms with van der Waals surface area (Å²) in [6, 6.07) is 7.55. The Hall–Kier alpha value is -2.04. The predicted molar refractivity (Wildman–Crippen MR) is 76.3 cm³/mol. The Morgan fingerprint density at radius 2 is 1.89 bits per heavy atom. The second-order valence-corrected chi connectivity index (χ2v) is 4.64. The first-order chi connectivity index (χ1) is 8.95. The molecule has 2 N–H and O–H groups in total. The SMILES string of the molecule is CNC(=O)NC(=O)CN(c1ccccc1C)C(C)C. The third-order valence-electron chi connectivity index (χ3n) is 2.84. The zero-order valence-corrected chi connectivity index (χ0v) is 11.9. The van der Waals surface area contributed by atoms with E-state index in [-0.39, 0.29) is 18.5 Å². The van der Waals surface area contributed by atoms with E-state index in [0.717, 1.165) is 11.3 Å². The van der Waals surface area contributed by atoms with Gasteiger partial charge in [-0.15, -0.1) is 0 Å². The minimum absolute atomic E-state index is 0.149. The molecule has 0 bridgehead atoms. The molecule has 0 aromatic heterocycles. The predicted octanol–water partition coefficient (Wildman–Crippen LogP) is 1.67. The van der Waals surface area contributed by atoms with E-state index in [4.69, 9.17) is 0 Å². The van der Waals surface area contributed by atoms with Gasteiger partial charge in [0.1, 0.15) is 0 Å². The second-order valence-electron chi connectivity index (χ2n) is 4.64. The Labute approximate surface area is 114 Å². The Morgan fingerprint density at radius 1 is 1.26 bits per heavy atom. The minimum atomic E-state index is -0.488. The van der Waals surface area contributed by atoms with E-state index in [2.05, 4.69) is 10.6 Å². The maximum absolute atomic E-state index is 11.8. The van der Waals surface area contributed by atoms with Crippen molar-refractivity contribution in [1.82, 2.24) is 10.6 Å². The van der Waals surface area contributed by atoms with Gasteiger partial charge in [0, 0.05) is 18.8 Å². The number of anilines is 1. The first kappa shape index (κ1) is 15.0. The van der Waals surface area contributed by atoms with Gasteiger partial charge in [0.15, 0.2) is 0 Å². The summed E-state index contributed by atoms with van der Waals surface area (Å²) in [5.74, 6) is -0.323. The van der Waals surface area contributed by atoms with Crippen LogP contribution in [0, 0.1) is 6.92 Å². The van der Waals surface area contributed by atoms with Gasteiger partial charge in [0.2, 0.25) is 5.91 Å². The molecular formula is C14H21N3O2. The number of carbonyl (C=O) groups is 2. The maximum Gasteiger partial charge on any atom is 0.321 e. The Kier molecular flexibility index (Phi) is 5.36. The lowest BCUT2D eigenvalue weighted by Crippen LogP contribution is -2.45. The summed E-state index contributed by atoms with van der Waals surface area (Å²) in [7, 11) is 1.48. The van der Waals surface area contributed by atoms with Crippen LogP contribution in [0.2, 0.25) is 0 Å². The van der Waals surface area contributed by atoms with Crippen molar-refractivity contribution in [3.05, 3.63) is 29.8 Å². The fourth-order valence-corrected chi connectivity index (χ4v) is 1.81. The van der Waals surface area contributed by atoms with Gasteiger partial charge in [-0.05, 0) is 32.4 Å². The quantitative estimate of drug-likeness (QED) is 0.868. The molecule has 19 heavy (non-hydrogen) atoms. The van der Waals surface area contributed by atoms with E-state index in [1.807, 2.05) is 49.9 Å². The molecule has 0 atom stereocenters. The van der Waals surface area contributed by atoms with E-state index in [9.17, 15) is 9.59 Å². The summed E-state index contributed by atoms with van der Waals surface area (Å²) in [5.41, 5.74) is 2.11. The number of carbonyl (C=O) groups excluding carboxylic acids is 2. The first-order valence-electron chi connectivity index (χ1n) is 6.29. The van der Waals surface area contributed by atoms with Crippen molar-refractivity contribution < 1.29 is 9.59 Å². The Bertz CT molecular complexity index is 458. The van der Waals surface area contributed by atoms with Gasteiger partial charge in [0.05, 0.1) is 6.54 Å². The van der Waals surface area contributed by atoms with Gasteiger partial charge in [0.25, 0.3) is 0 Å². The third-order valence-corrected chi connectivity index (χ3v) is 2.84. The van der Waals surface area contributed by atoms with Crippen molar-refractivity contribution in [3.8, 4) is 0 Å². The zero-order chi connectivity index (χ0) is 14.4. The lowest BCUT2D eigenvalue weighted by Gasteiger charge is -2.29. The number of urea groups is 1. The van der Waals surface area contributed by atoms with Gasteiger partial charge in [-0.2, -0.15) is 0 Å². The van der Waals surface area contributed by atoms with Crippen LogP contribution in [0.5, 0.6) is 0 Å². The minimum Gasteiger partial charge on any atom is -0.360 e.